The summed E-state index contributed by atoms with van der Waals surface area (Å²) in [6, 6.07) is 0. The fourth-order valence-corrected chi connectivity index (χ4v) is 0.714. The second kappa shape index (κ2) is 6.89. The first-order valence-corrected chi connectivity index (χ1v) is 4.11. The van der Waals surface area contributed by atoms with E-state index in [1.54, 1.807) is 0 Å². The van der Waals surface area contributed by atoms with Crippen LogP contribution in [0.3, 0.4) is 0 Å². The van der Waals surface area contributed by atoms with E-state index >= 15 is 0 Å². The standard InChI is InChI=1S/C6H14N2OS/c7-3-4-8-6(9)2-1-5-10/h10H,1-5,7H2,(H,8,9)/p+1. The van der Waals surface area contributed by atoms with Crippen molar-refractivity contribution in [3.8, 4) is 0 Å². The summed E-state index contributed by atoms with van der Waals surface area (Å²) in [4.78, 5) is 10.8. The van der Waals surface area contributed by atoms with Crippen LogP contribution >= 0.6 is 12.6 Å². The van der Waals surface area contributed by atoms with Crippen LogP contribution < -0.4 is 11.1 Å². The van der Waals surface area contributed by atoms with Crippen molar-refractivity contribution in [1.82, 2.24) is 5.32 Å². The highest BCUT2D eigenvalue weighted by Crippen LogP contribution is 1.89. The molecule has 0 fully saturated rings. The Morgan fingerprint density at radius 2 is 2.30 bits per heavy atom. The van der Waals surface area contributed by atoms with Crippen molar-refractivity contribution in [1.29, 1.82) is 0 Å². The fraction of sp³-hybridized carbons (Fsp3) is 0.833. The molecule has 0 aromatic heterocycles. The van der Waals surface area contributed by atoms with Crippen molar-refractivity contribution in [3.63, 3.8) is 0 Å². The van der Waals surface area contributed by atoms with Gasteiger partial charge in [0.05, 0.1) is 13.1 Å². The Kier molecular flexibility index (Phi) is 6.74. The van der Waals surface area contributed by atoms with Crippen LogP contribution in [0.15, 0.2) is 0 Å². The number of nitrogens with one attached hydrogen (secondary N) is 1. The quantitative estimate of drug-likeness (QED) is 0.450. The van der Waals surface area contributed by atoms with Gasteiger partial charge in [-0.15, -0.1) is 0 Å². The van der Waals surface area contributed by atoms with Gasteiger partial charge in [-0.1, -0.05) is 0 Å². The van der Waals surface area contributed by atoms with E-state index in [0.717, 1.165) is 18.7 Å². The first-order valence-electron chi connectivity index (χ1n) is 3.48. The van der Waals surface area contributed by atoms with Crippen molar-refractivity contribution >= 4 is 18.5 Å². The Morgan fingerprint density at radius 1 is 1.60 bits per heavy atom. The van der Waals surface area contributed by atoms with Crippen LogP contribution in [0.5, 0.6) is 0 Å². The fourth-order valence-electron chi connectivity index (χ4n) is 0.556. The Balaban J connectivity index is 3.09. The highest BCUT2D eigenvalue weighted by Gasteiger charge is 1.97. The molecule has 0 bridgehead atoms. The van der Waals surface area contributed by atoms with Gasteiger partial charge < -0.3 is 11.1 Å². The van der Waals surface area contributed by atoms with Gasteiger partial charge in [0.2, 0.25) is 5.91 Å². The topological polar surface area (TPSA) is 56.7 Å². The molecule has 0 rings (SSSR count). The predicted molar refractivity (Wildman–Crippen MR) is 43.9 cm³/mol. The van der Waals surface area contributed by atoms with E-state index in [1.165, 1.54) is 0 Å². The van der Waals surface area contributed by atoms with Crippen molar-refractivity contribution in [2.24, 2.45) is 0 Å². The molecule has 0 saturated carbocycles. The second-order valence-corrected chi connectivity index (χ2v) is 2.48. The van der Waals surface area contributed by atoms with Gasteiger partial charge in [-0.05, 0) is 12.2 Å². The van der Waals surface area contributed by atoms with Crippen molar-refractivity contribution < 1.29 is 10.5 Å². The summed E-state index contributed by atoms with van der Waals surface area (Å²) >= 11 is 3.99. The zero-order valence-corrected chi connectivity index (χ0v) is 6.99. The van der Waals surface area contributed by atoms with E-state index in [9.17, 15) is 4.79 Å². The van der Waals surface area contributed by atoms with Gasteiger partial charge in [0.25, 0.3) is 0 Å². The van der Waals surface area contributed by atoms with E-state index in [2.05, 4.69) is 23.7 Å². The number of hydrogen-bond acceptors (Lipinski definition) is 2. The van der Waals surface area contributed by atoms with Crippen molar-refractivity contribution in [2.45, 2.75) is 12.8 Å². The Hall–Kier alpha value is -0.220. The van der Waals surface area contributed by atoms with E-state index in [4.69, 9.17) is 0 Å². The molecule has 1 amide bonds. The molecule has 4 heteroatoms. The highest BCUT2D eigenvalue weighted by molar-refractivity contribution is 7.80. The summed E-state index contributed by atoms with van der Waals surface area (Å²) < 4.78 is 0. The summed E-state index contributed by atoms with van der Waals surface area (Å²) in [6.45, 7) is 1.44. The van der Waals surface area contributed by atoms with Crippen molar-refractivity contribution in [2.75, 3.05) is 18.8 Å². The highest BCUT2D eigenvalue weighted by atomic mass is 32.1. The predicted octanol–water partition coefficient (Wildman–Crippen LogP) is -0.946. The van der Waals surface area contributed by atoms with Crippen LogP contribution in [0.2, 0.25) is 0 Å². The summed E-state index contributed by atoms with van der Waals surface area (Å²) in [7, 11) is 0. The number of thiol groups is 1. The van der Waals surface area contributed by atoms with Gasteiger partial charge in [-0.2, -0.15) is 12.6 Å². The minimum atomic E-state index is 0.109. The van der Waals surface area contributed by atoms with Crippen LogP contribution in [0.1, 0.15) is 12.8 Å². The van der Waals surface area contributed by atoms with Crippen LogP contribution in [-0.2, 0) is 4.79 Å². The molecule has 60 valence electrons. The molecule has 0 atom stereocenters. The van der Waals surface area contributed by atoms with Crippen molar-refractivity contribution in [3.05, 3.63) is 0 Å². The molecule has 0 radical (unpaired) electrons. The molecular formula is C6H15N2OS+. The molecular weight excluding hydrogens is 148 g/mol. The maximum absolute atomic E-state index is 10.8. The van der Waals surface area contributed by atoms with Crippen LogP contribution in [0.25, 0.3) is 0 Å². The average molecular weight is 163 g/mol. The van der Waals surface area contributed by atoms with Crippen LogP contribution in [0.4, 0.5) is 0 Å². The Bertz CT molecular complexity index is 87.7. The van der Waals surface area contributed by atoms with Gasteiger partial charge in [0.15, 0.2) is 0 Å². The molecule has 0 unspecified atom stereocenters. The molecule has 10 heavy (non-hydrogen) atoms. The number of hydrogen-bond donors (Lipinski definition) is 3. The third kappa shape index (κ3) is 5.91. The number of carbonyl (C=O) groups is 1. The largest absolute Gasteiger partial charge is 0.356 e. The van der Waals surface area contributed by atoms with E-state index in [1.807, 2.05) is 0 Å². The van der Waals surface area contributed by atoms with Gasteiger partial charge >= 0.3 is 0 Å². The molecule has 0 aromatic rings. The molecule has 0 spiro atoms. The Morgan fingerprint density at radius 3 is 2.80 bits per heavy atom. The molecule has 4 N–H and O–H groups in total. The number of amides is 1. The molecule has 3 nitrogen and oxygen atoms in total. The van der Waals surface area contributed by atoms with Gasteiger partial charge in [-0.3, -0.25) is 4.79 Å². The molecule has 0 aliphatic rings. The molecule has 0 aromatic carbocycles. The minimum Gasteiger partial charge on any atom is -0.356 e. The third-order valence-electron chi connectivity index (χ3n) is 1.06. The van der Waals surface area contributed by atoms with E-state index in [-0.39, 0.29) is 5.91 Å². The first-order chi connectivity index (χ1) is 4.81. The maximum Gasteiger partial charge on any atom is 0.220 e. The number of quaternary nitrogens is 1. The zero-order valence-electron chi connectivity index (χ0n) is 6.10. The number of rotatable bonds is 5. The van der Waals surface area contributed by atoms with E-state index in [0.29, 0.717) is 13.0 Å². The molecule has 0 heterocycles. The summed E-state index contributed by atoms with van der Waals surface area (Å²) in [6.07, 6.45) is 1.44. The monoisotopic (exact) mass is 163 g/mol. The molecule has 0 aliphatic heterocycles. The van der Waals surface area contributed by atoms with Gasteiger partial charge in [0, 0.05) is 6.42 Å². The Labute approximate surface area is 66.8 Å². The smallest absolute Gasteiger partial charge is 0.220 e. The lowest BCUT2D eigenvalue weighted by molar-refractivity contribution is -0.364. The first kappa shape index (κ1) is 9.78. The van der Waals surface area contributed by atoms with Crippen LogP contribution in [0, 0.1) is 0 Å². The number of carbonyl (C=O) groups excluding carboxylic acids is 1. The lowest BCUT2D eigenvalue weighted by Gasteiger charge is -1.99. The third-order valence-corrected chi connectivity index (χ3v) is 1.38. The maximum atomic E-state index is 10.8. The summed E-state index contributed by atoms with van der Waals surface area (Å²) in [5.74, 6) is 0.885. The SMILES string of the molecule is [NH3+]CCNC(=O)CCCS. The zero-order chi connectivity index (χ0) is 7.82. The van der Waals surface area contributed by atoms with Crippen LogP contribution in [-0.4, -0.2) is 24.7 Å². The molecule has 0 saturated heterocycles. The summed E-state index contributed by atoms with van der Waals surface area (Å²) in [5, 5.41) is 2.73. The average Bonchev–Trinajstić information content (AvgIpc) is 1.97. The lowest BCUT2D eigenvalue weighted by Crippen LogP contribution is -2.54. The van der Waals surface area contributed by atoms with Gasteiger partial charge in [0.1, 0.15) is 0 Å². The summed E-state index contributed by atoms with van der Waals surface area (Å²) in [5.41, 5.74) is 3.61. The van der Waals surface area contributed by atoms with Gasteiger partial charge in [-0.25, -0.2) is 0 Å². The minimum absolute atomic E-state index is 0.109. The molecule has 0 aliphatic carbocycles. The van der Waals surface area contributed by atoms with E-state index < -0.39 is 0 Å². The normalized spacial score (nSPS) is 9.40. The second-order valence-electron chi connectivity index (χ2n) is 2.03. The lowest BCUT2D eigenvalue weighted by atomic mass is 10.3.